The van der Waals surface area contributed by atoms with Crippen LogP contribution in [0.3, 0.4) is 0 Å². The highest BCUT2D eigenvalue weighted by Crippen LogP contribution is 2.31. The van der Waals surface area contributed by atoms with Gasteiger partial charge in [0.25, 0.3) is 17.2 Å². The number of amides is 1. The summed E-state index contributed by atoms with van der Waals surface area (Å²) in [6, 6.07) is 14.4. The number of benzene rings is 2. The second-order valence-corrected chi connectivity index (χ2v) is 11.0. The highest BCUT2D eigenvalue weighted by Gasteiger charge is 2.25. The molecular weight excluding hydrogens is 514 g/mol. The molecule has 10 heteroatoms. The highest BCUT2D eigenvalue weighted by atomic mass is 32.1. The topological polar surface area (TPSA) is 112 Å². The molecule has 2 aromatic carbocycles. The Labute approximate surface area is 229 Å². The van der Waals surface area contributed by atoms with Crippen LogP contribution in [0.4, 0.5) is 11.4 Å². The van der Waals surface area contributed by atoms with Crippen molar-refractivity contribution >= 4 is 40.3 Å². The molecule has 1 aromatic heterocycles. The van der Waals surface area contributed by atoms with Crippen LogP contribution >= 0.6 is 11.3 Å². The fourth-order valence-electron chi connectivity index (χ4n) is 5.25. The van der Waals surface area contributed by atoms with Crippen LogP contribution in [0, 0.1) is 28.4 Å². The SMILES string of the molecule is Cc1cccc(-n2c(=O)/c(=C\c3ccc(N4CCCCC4)c([N+](=O)[O-])c3)s/c2=C(/C#N)C(=O)N2CCCC2)c1. The van der Waals surface area contributed by atoms with Crippen molar-refractivity contribution in [3.63, 3.8) is 0 Å². The van der Waals surface area contributed by atoms with Gasteiger partial charge in [0.1, 0.15) is 16.4 Å². The number of hydrogen-bond donors (Lipinski definition) is 0. The van der Waals surface area contributed by atoms with Crippen molar-refractivity contribution in [1.82, 2.24) is 9.47 Å². The fraction of sp³-hybridized carbons (Fsp3) is 0.345. The van der Waals surface area contributed by atoms with Crippen LogP contribution in [0.1, 0.15) is 43.2 Å². The van der Waals surface area contributed by atoms with E-state index in [2.05, 4.69) is 6.07 Å². The van der Waals surface area contributed by atoms with E-state index < -0.39 is 0 Å². The van der Waals surface area contributed by atoms with Gasteiger partial charge < -0.3 is 9.80 Å². The van der Waals surface area contributed by atoms with Crippen molar-refractivity contribution in [3.8, 4) is 11.8 Å². The number of hydrogen-bond acceptors (Lipinski definition) is 7. The molecule has 3 aromatic rings. The van der Waals surface area contributed by atoms with Crippen LogP contribution in [0.2, 0.25) is 0 Å². The molecule has 39 heavy (non-hydrogen) atoms. The molecule has 0 spiro atoms. The van der Waals surface area contributed by atoms with Crippen LogP contribution < -0.4 is 19.7 Å². The third kappa shape index (κ3) is 5.36. The maximum atomic E-state index is 13.8. The molecule has 0 bridgehead atoms. The molecule has 0 atom stereocenters. The summed E-state index contributed by atoms with van der Waals surface area (Å²) in [5.41, 5.74) is 2.10. The number of thiazole rings is 1. The maximum absolute atomic E-state index is 13.8. The first-order valence-corrected chi connectivity index (χ1v) is 14.0. The smallest absolute Gasteiger partial charge is 0.293 e. The first kappa shape index (κ1) is 26.4. The number of nitro groups is 1. The van der Waals surface area contributed by atoms with Gasteiger partial charge in [0.2, 0.25) is 0 Å². The minimum absolute atomic E-state index is 0.00470. The van der Waals surface area contributed by atoms with Crippen molar-refractivity contribution in [2.45, 2.75) is 39.0 Å². The average Bonchev–Trinajstić information content (AvgIpc) is 3.58. The second kappa shape index (κ2) is 11.3. The Hall–Kier alpha value is -4.23. The van der Waals surface area contributed by atoms with Gasteiger partial charge in [-0.15, -0.1) is 11.3 Å². The normalized spacial score (nSPS) is 16.8. The lowest BCUT2D eigenvalue weighted by atomic mass is 10.1. The molecule has 2 aliphatic heterocycles. The molecule has 3 heterocycles. The molecule has 5 rings (SSSR count). The van der Waals surface area contributed by atoms with Gasteiger partial charge in [-0.2, -0.15) is 5.26 Å². The zero-order chi connectivity index (χ0) is 27.5. The largest absolute Gasteiger partial charge is 0.366 e. The number of aryl methyl sites for hydroxylation is 1. The quantitative estimate of drug-likeness (QED) is 0.361. The lowest BCUT2D eigenvalue weighted by molar-refractivity contribution is -0.384. The third-order valence-corrected chi connectivity index (χ3v) is 8.30. The number of nitrogens with zero attached hydrogens (tertiary/aromatic N) is 5. The van der Waals surface area contributed by atoms with Gasteiger partial charge in [-0.1, -0.05) is 18.2 Å². The molecule has 0 unspecified atom stereocenters. The standard InChI is InChI=1S/C29H29N5O4S/c1-20-8-7-9-22(16-20)33-28(36)26(39-29(33)23(19-30)27(35)32-14-5-6-15-32)18-21-10-11-24(25(17-21)34(37)38)31-12-3-2-4-13-31/h7-11,16-18H,2-6,12-15H2,1H3/b26-18+,29-23-. The van der Waals surface area contributed by atoms with E-state index in [1.807, 2.05) is 30.0 Å². The van der Waals surface area contributed by atoms with Crippen molar-refractivity contribution in [2.24, 2.45) is 0 Å². The summed E-state index contributed by atoms with van der Waals surface area (Å²) in [4.78, 5) is 42.3. The summed E-state index contributed by atoms with van der Waals surface area (Å²) in [6.45, 7) is 4.61. The Morgan fingerprint density at radius 1 is 1.05 bits per heavy atom. The van der Waals surface area contributed by atoms with Gasteiger partial charge in [0, 0.05) is 32.2 Å². The van der Waals surface area contributed by atoms with Gasteiger partial charge in [-0.3, -0.25) is 24.3 Å². The number of likely N-dealkylation sites (tertiary alicyclic amines) is 1. The van der Waals surface area contributed by atoms with Gasteiger partial charge in [-0.25, -0.2) is 0 Å². The Morgan fingerprint density at radius 3 is 2.44 bits per heavy atom. The number of piperidine rings is 1. The first-order chi connectivity index (χ1) is 18.9. The van der Waals surface area contributed by atoms with E-state index >= 15 is 0 Å². The van der Waals surface area contributed by atoms with Crippen LogP contribution in [0.5, 0.6) is 0 Å². The summed E-state index contributed by atoms with van der Waals surface area (Å²) in [6.07, 6.45) is 6.47. The lowest BCUT2D eigenvalue weighted by Gasteiger charge is -2.28. The molecule has 0 aliphatic carbocycles. The molecule has 2 fully saturated rings. The molecule has 9 nitrogen and oxygen atoms in total. The number of nitriles is 1. The Bertz CT molecular complexity index is 1650. The van der Waals surface area contributed by atoms with Crippen LogP contribution in [-0.2, 0) is 4.79 Å². The summed E-state index contributed by atoms with van der Waals surface area (Å²) in [7, 11) is 0. The first-order valence-electron chi connectivity index (χ1n) is 13.1. The number of nitro benzene ring substituents is 1. The third-order valence-electron chi connectivity index (χ3n) is 7.21. The molecule has 0 N–H and O–H groups in total. The number of anilines is 1. The van der Waals surface area contributed by atoms with Crippen molar-refractivity contribution in [1.29, 1.82) is 5.26 Å². The maximum Gasteiger partial charge on any atom is 0.293 e. The van der Waals surface area contributed by atoms with Gasteiger partial charge in [0.15, 0.2) is 5.57 Å². The predicted octanol–water partition coefficient (Wildman–Crippen LogP) is 3.23. The number of carbonyl (C=O) groups excluding carboxylic acids is 1. The van der Waals surface area contributed by atoms with E-state index in [0.717, 1.165) is 62.1 Å². The monoisotopic (exact) mass is 543 g/mol. The highest BCUT2D eigenvalue weighted by molar-refractivity contribution is 7.07. The lowest BCUT2D eigenvalue weighted by Crippen LogP contribution is -2.35. The minimum atomic E-state index is -0.386. The Kier molecular flexibility index (Phi) is 7.61. The summed E-state index contributed by atoms with van der Waals surface area (Å²) in [5, 5.41) is 22.0. The second-order valence-electron chi connectivity index (χ2n) is 9.93. The van der Waals surface area contributed by atoms with E-state index in [1.54, 1.807) is 29.2 Å². The Morgan fingerprint density at radius 2 is 1.77 bits per heavy atom. The van der Waals surface area contributed by atoms with E-state index in [1.165, 1.54) is 10.6 Å². The molecule has 0 radical (unpaired) electrons. The Balaban J connectivity index is 1.70. The van der Waals surface area contributed by atoms with Gasteiger partial charge in [-0.05, 0) is 74.4 Å². The molecule has 2 saturated heterocycles. The number of carbonyl (C=O) groups is 1. The average molecular weight is 544 g/mol. The molecule has 0 saturated carbocycles. The van der Waals surface area contributed by atoms with Crippen molar-refractivity contribution in [2.75, 3.05) is 31.1 Å². The molecule has 2 aliphatic rings. The number of aromatic nitrogens is 1. The predicted molar refractivity (Wildman–Crippen MR) is 151 cm³/mol. The fourth-order valence-corrected chi connectivity index (χ4v) is 6.34. The minimum Gasteiger partial charge on any atom is -0.366 e. The van der Waals surface area contributed by atoms with Crippen LogP contribution in [0.15, 0.2) is 47.3 Å². The van der Waals surface area contributed by atoms with E-state index in [-0.39, 0.29) is 36.8 Å². The zero-order valence-electron chi connectivity index (χ0n) is 21.8. The van der Waals surface area contributed by atoms with E-state index in [9.17, 15) is 25.0 Å². The van der Waals surface area contributed by atoms with Crippen molar-refractivity contribution < 1.29 is 9.72 Å². The molecule has 200 valence electrons. The summed E-state index contributed by atoms with van der Waals surface area (Å²) in [5.74, 6) is -0.384. The van der Waals surface area contributed by atoms with Crippen LogP contribution in [0.25, 0.3) is 17.3 Å². The van der Waals surface area contributed by atoms with Gasteiger partial charge >= 0.3 is 0 Å². The van der Waals surface area contributed by atoms with Crippen LogP contribution in [-0.4, -0.2) is 46.5 Å². The van der Waals surface area contributed by atoms with Crippen molar-refractivity contribution in [3.05, 3.63) is 83.3 Å². The van der Waals surface area contributed by atoms with Gasteiger partial charge in [0.05, 0.1) is 15.1 Å². The molecular formula is C29H29N5O4S. The number of rotatable bonds is 5. The summed E-state index contributed by atoms with van der Waals surface area (Å²) >= 11 is 1.06. The summed E-state index contributed by atoms with van der Waals surface area (Å²) < 4.78 is 1.95. The van der Waals surface area contributed by atoms with E-state index in [0.29, 0.717) is 30.0 Å². The zero-order valence-corrected chi connectivity index (χ0v) is 22.6. The van der Waals surface area contributed by atoms with E-state index in [4.69, 9.17) is 0 Å². The molecule has 1 amide bonds.